The maximum absolute atomic E-state index is 10.3. The second-order valence-corrected chi connectivity index (χ2v) is 5.70. The lowest BCUT2D eigenvalue weighted by atomic mass is 9.91. The molecular weight excluding hydrogens is 238 g/mol. The molecule has 3 heteroatoms. The van der Waals surface area contributed by atoms with Gasteiger partial charge in [0.15, 0.2) is 0 Å². The number of aromatic nitrogens is 1. The van der Waals surface area contributed by atoms with Crippen molar-refractivity contribution in [2.45, 2.75) is 39.2 Å². The summed E-state index contributed by atoms with van der Waals surface area (Å²) in [4.78, 5) is 4.28. The van der Waals surface area contributed by atoms with Gasteiger partial charge in [0.2, 0.25) is 5.88 Å². The van der Waals surface area contributed by atoms with E-state index in [4.69, 9.17) is 4.74 Å². The van der Waals surface area contributed by atoms with Gasteiger partial charge < -0.3 is 9.84 Å². The molecular formula is C16H21NO2. The van der Waals surface area contributed by atoms with Gasteiger partial charge in [-0.3, -0.25) is 0 Å². The second kappa shape index (κ2) is 4.82. The van der Waals surface area contributed by atoms with Gasteiger partial charge in [0, 0.05) is 17.1 Å². The molecule has 3 nitrogen and oxygen atoms in total. The standard InChI is InChI=1S/C16H21NO2/c1-10(2)11-6-7-12-13(8-11)14(16(3,4)18)9-17-15(12)19-5/h6-10,18H,1-5H3. The first-order chi connectivity index (χ1) is 8.84. The van der Waals surface area contributed by atoms with Crippen molar-refractivity contribution in [2.24, 2.45) is 0 Å². The van der Waals surface area contributed by atoms with Gasteiger partial charge in [-0.1, -0.05) is 26.0 Å². The van der Waals surface area contributed by atoms with Crippen molar-refractivity contribution in [1.29, 1.82) is 0 Å². The van der Waals surface area contributed by atoms with E-state index in [0.29, 0.717) is 11.8 Å². The van der Waals surface area contributed by atoms with Crippen LogP contribution in [-0.2, 0) is 5.60 Å². The Kier molecular flexibility index (Phi) is 3.50. The molecule has 0 saturated carbocycles. The van der Waals surface area contributed by atoms with E-state index >= 15 is 0 Å². The fraction of sp³-hybridized carbons (Fsp3) is 0.438. The molecule has 0 fully saturated rings. The van der Waals surface area contributed by atoms with Crippen LogP contribution < -0.4 is 4.74 Å². The molecule has 19 heavy (non-hydrogen) atoms. The monoisotopic (exact) mass is 259 g/mol. The number of pyridine rings is 1. The molecule has 1 heterocycles. The van der Waals surface area contributed by atoms with Crippen molar-refractivity contribution in [3.8, 4) is 5.88 Å². The molecule has 0 bridgehead atoms. The van der Waals surface area contributed by atoms with E-state index in [1.54, 1.807) is 27.2 Å². The van der Waals surface area contributed by atoms with Gasteiger partial charge in [0.05, 0.1) is 12.7 Å². The Balaban J connectivity index is 2.80. The molecule has 2 aromatic rings. The minimum Gasteiger partial charge on any atom is -0.481 e. The van der Waals surface area contributed by atoms with Crippen molar-refractivity contribution < 1.29 is 9.84 Å². The summed E-state index contributed by atoms with van der Waals surface area (Å²) in [5.41, 5.74) is 1.14. The van der Waals surface area contributed by atoms with E-state index in [1.165, 1.54) is 5.56 Å². The number of fused-ring (bicyclic) bond motifs is 1. The highest BCUT2D eigenvalue weighted by Gasteiger charge is 2.21. The molecule has 0 atom stereocenters. The highest BCUT2D eigenvalue weighted by Crippen LogP contribution is 2.34. The lowest BCUT2D eigenvalue weighted by Crippen LogP contribution is -2.16. The van der Waals surface area contributed by atoms with E-state index in [-0.39, 0.29) is 0 Å². The number of benzene rings is 1. The molecule has 0 saturated heterocycles. The van der Waals surface area contributed by atoms with Gasteiger partial charge >= 0.3 is 0 Å². The SMILES string of the molecule is COc1ncc(C(C)(C)O)c2cc(C(C)C)ccc12. The van der Waals surface area contributed by atoms with Crippen LogP contribution in [0.1, 0.15) is 44.7 Å². The van der Waals surface area contributed by atoms with E-state index in [1.807, 2.05) is 6.07 Å². The van der Waals surface area contributed by atoms with Gasteiger partial charge in [-0.2, -0.15) is 0 Å². The van der Waals surface area contributed by atoms with Gasteiger partial charge in [0.1, 0.15) is 0 Å². The fourth-order valence-corrected chi connectivity index (χ4v) is 2.24. The summed E-state index contributed by atoms with van der Waals surface area (Å²) in [5, 5.41) is 12.2. The van der Waals surface area contributed by atoms with Crippen LogP contribution in [0.15, 0.2) is 24.4 Å². The molecule has 2 rings (SSSR count). The average Bonchev–Trinajstić information content (AvgIpc) is 2.35. The summed E-state index contributed by atoms with van der Waals surface area (Å²) in [6.45, 7) is 7.86. The number of rotatable bonds is 3. The molecule has 0 aliphatic heterocycles. The first-order valence-corrected chi connectivity index (χ1v) is 6.54. The highest BCUT2D eigenvalue weighted by molar-refractivity contribution is 5.90. The normalized spacial score (nSPS) is 12.2. The molecule has 0 aliphatic rings. The zero-order chi connectivity index (χ0) is 14.2. The minimum absolute atomic E-state index is 0.443. The Morgan fingerprint density at radius 2 is 1.89 bits per heavy atom. The van der Waals surface area contributed by atoms with Crippen LogP contribution in [0, 0.1) is 0 Å². The van der Waals surface area contributed by atoms with Crippen LogP contribution in [0.5, 0.6) is 5.88 Å². The van der Waals surface area contributed by atoms with Gasteiger partial charge in [-0.25, -0.2) is 4.98 Å². The molecule has 102 valence electrons. The number of nitrogens with zero attached hydrogens (tertiary/aromatic N) is 1. The smallest absolute Gasteiger partial charge is 0.221 e. The fourth-order valence-electron chi connectivity index (χ4n) is 2.24. The third-order valence-electron chi connectivity index (χ3n) is 3.39. The van der Waals surface area contributed by atoms with Crippen molar-refractivity contribution in [3.05, 3.63) is 35.5 Å². The van der Waals surface area contributed by atoms with E-state index < -0.39 is 5.60 Å². The average molecular weight is 259 g/mol. The van der Waals surface area contributed by atoms with Crippen molar-refractivity contribution in [3.63, 3.8) is 0 Å². The summed E-state index contributed by atoms with van der Waals surface area (Å²) in [6.07, 6.45) is 1.70. The molecule has 1 N–H and O–H groups in total. The predicted octanol–water partition coefficient (Wildman–Crippen LogP) is 3.59. The quantitative estimate of drug-likeness (QED) is 0.915. The molecule has 0 aliphatic carbocycles. The van der Waals surface area contributed by atoms with Crippen LogP contribution in [0.25, 0.3) is 10.8 Å². The van der Waals surface area contributed by atoms with Crippen LogP contribution in [0.2, 0.25) is 0 Å². The Bertz CT molecular complexity index is 597. The number of hydrogen-bond acceptors (Lipinski definition) is 3. The van der Waals surface area contributed by atoms with E-state index in [2.05, 4.69) is 31.0 Å². The summed E-state index contributed by atoms with van der Waals surface area (Å²) in [6, 6.07) is 6.23. The van der Waals surface area contributed by atoms with Crippen LogP contribution >= 0.6 is 0 Å². The summed E-state index contributed by atoms with van der Waals surface area (Å²) >= 11 is 0. The Morgan fingerprint density at radius 1 is 1.21 bits per heavy atom. The summed E-state index contributed by atoms with van der Waals surface area (Å²) in [5.74, 6) is 1.04. The first kappa shape index (κ1) is 13.8. The second-order valence-electron chi connectivity index (χ2n) is 5.70. The first-order valence-electron chi connectivity index (χ1n) is 6.54. The Hall–Kier alpha value is -1.61. The van der Waals surface area contributed by atoms with Gasteiger partial charge in [0.25, 0.3) is 0 Å². The van der Waals surface area contributed by atoms with Crippen molar-refractivity contribution >= 4 is 10.8 Å². The van der Waals surface area contributed by atoms with Gasteiger partial charge in [-0.15, -0.1) is 0 Å². The predicted molar refractivity (Wildman–Crippen MR) is 77.6 cm³/mol. The van der Waals surface area contributed by atoms with E-state index in [9.17, 15) is 5.11 Å². The summed E-state index contributed by atoms with van der Waals surface area (Å²) in [7, 11) is 1.61. The highest BCUT2D eigenvalue weighted by atomic mass is 16.5. The summed E-state index contributed by atoms with van der Waals surface area (Å²) < 4.78 is 5.30. The third-order valence-corrected chi connectivity index (χ3v) is 3.39. The van der Waals surface area contributed by atoms with Crippen LogP contribution in [-0.4, -0.2) is 17.2 Å². The number of hydrogen-bond donors (Lipinski definition) is 1. The molecule has 1 aromatic carbocycles. The van der Waals surface area contributed by atoms with Crippen molar-refractivity contribution in [1.82, 2.24) is 4.98 Å². The third kappa shape index (κ3) is 2.56. The van der Waals surface area contributed by atoms with Crippen molar-refractivity contribution in [2.75, 3.05) is 7.11 Å². The maximum Gasteiger partial charge on any atom is 0.221 e. The largest absolute Gasteiger partial charge is 0.481 e. The van der Waals surface area contributed by atoms with Crippen LogP contribution in [0.3, 0.4) is 0 Å². The molecule has 0 amide bonds. The molecule has 0 spiro atoms. The minimum atomic E-state index is -0.923. The Morgan fingerprint density at radius 3 is 2.42 bits per heavy atom. The van der Waals surface area contributed by atoms with Crippen LogP contribution in [0.4, 0.5) is 0 Å². The lowest BCUT2D eigenvalue weighted by molar-refractivity contribution is 0.0798. The number of methoxy groups -OCH3 is 1. The molecule has 1 aromatic heterocycles. The molecule has 0 unspecified atom stereocenters. The maximum atomic E-state index is 10.3. The number of ether oxygens (including phenoxy) is 1. The zero-order valence-electron chi connectivity index (χ0n) is 12.2. The lowest BCUT2D eigenvalue weighted by Gasteiger charge is -2.21. The Labute approximate surface area is 114 Å². The zero-order valence-corrected chi connectivity index (χ0v) is 12.2. The van der Waals surface area contributed by atoms with E-state index in [0.717, 1.165) is 16.3 Å². The topological polar surface area (TPSA) is 42.4 Å². The number of aliphatic hydroxyl groups is 1. The van der Waals surface area contributed by atoms with Gasteiger partial charge in [-0.05, 0) is 36.8 Å². The molecule has 0 radical (unpaired) electrons.